The Morgan fingerprint density at radius 1 is 1.03 bits per heavy atom. The number of rotatable bonds is 7. The van der Waals surface area contributed by atoms with Gasteiger partial charge in [-0.1, -0.05) is 51.8 Å². The van der Waals surface area contributed by atoms with Crippen LogP contribution in [0.1, 0.15) is 16.7 Å². The number of hydrogen-bond donors (Lipinski definition) is 1. The highest BCUT2D eigenvalue weighted by atomic mass is 79.9. The van der Waals surface area contributed by atoms with Crippen molar-refractivity contribution in [3.8, 4) is 0 Å². The average molecular weight is 554 g/mol. The standard InChI is InChI=1S/C23H19BrF3N3O3S/c1-16-6-12-20(13-7-16)34(32,33)30(19-10-8-18(24)9-11-19)15-22(31)29-28-14-17-4-2-3-5-21(17)23(25,26)27/h2-14H,15H2,1H3,(H,29,31)/b28-14-. The number of aryl methyl sites for hydroxylation is 1. The minimum Gasteiger partial charge on any atom is -0.271 e. The van der Waals surface area contributed by atoms with Crippen molar-refractivity contribution in [3.63, 3.8) is 0 Å². The van der Waals surface area contributed by atoms with Crippen LogP contribution in [-0.2, 0) is 21.0 Å². The molecule has 6 nitrogen and oxygen atoms in total. The number of sulfonamides is 1. The first-order valence-corrected chi connectivity index (χ1v) is 12.0. The minimum atomic E-state index is -4.59. The number of halogens is 4. The van der Waals surface area contributed by atoms with E-state index in [1.807, 2.05) is 6.92 Å². The van der Waals surface area contributed by atoms with Gasteiger partial charge in [-0.3, -0.25) is 9.10 Å². The van der Waals surface area contributed by atoms with Crippen LogP contribution in [0.5, 0.6) is 0 Å². The third-order valence-corrected chi connectivity index (χ3v) is 6.99. The molecule has 3 rings (SSSR count). The Morgan fingerprint density at radius 2 is 1.65 bits per heavy atom. The third kappa shape index (κ3) is 6.23. The first kappa shape index (κ1) is 25.4. The molecule has 0 saturated heterocycles. The van der Waals surface area contributed by atoms with Crippen LogP contribution in [0.15, 0.2) is 87.3 Å². The second-order valence-electron chi connectivity index (χ2n) is 7.18. The van der Waals surface area contributed by atoms with Crippen molar-refractivity contribution >= 4 is 43.8 Å². The van der Waals surface area contributed by atoms with E-state index in [0.717, 1.165) is 22.1 Å². The minimum absolute atomic E-state index is 0.0172. The second kappa shape index (κ2) is 10.4. The van der Waals surface area contributed by atoms with Crippen LogP contribution >= 0.6 is 15.9 Å². The van der Waals surface area contributed by atoms with Crippen LogP contribution in [0, 0.1) is 6.92 Å². The number of hydrogen-bond acceptors (Lipinski definition) is 4. The first-order chi connectivity index (χ1) is 16.0. The van der Waals surface area contributed by atoms with Crippen LogP contribution in [-0.4, -0.2) is 27.1 Å². The quantitative estimate of drug-likeness (QED) is 0.325. The number of carbonyl (C=O) groups excluding carboxylic acids is 1. The molecule has 1 N–H and O–H groups in total. The molecule has 0 aliphatic heterocycles. The normalized spacial score (nSPS) is 12.0. The summed E-state index contributed by atoms with van der Waals surface area (Å²) >= 11 is 3.28. The van der Waals surface area contributed by atoms with Gasteiger partial charge < -0.3 is 0 Å². The summed E-state index contributed by atoms with van der Waals surface area (Å²) in [4.78, 5) is 12.5. The predicted molar refractivity (Wildman–Crippen MR) is 127 cm³/mol. The van der Waals surface area contributed by atoms with E-state index in [1.54, 1.807) is 24.3 Å². The highest BCUT2D eigenvalue weighted by molar-refractivity contribution is 9.10. The molecule has 0 spiro atoms. The average Bonchev–Trinajstić information content (AvgIpc) is 2.78. The lowest BCUT2D eigenvalue weighted by atomic mass is 10.1. The highest BCUT2D eigenvalue weighted by Crippen LogP contribution is 2.31. The number of carbonyl (C=O) groups is 1. The van der Waals surface area contributed by atoms with Gasteiger partial charge in [-0.15, -0.1) is 0 Å². The van der Waals surface area contributed by atoms with Crippen LogP contribution in [0.3, 0.4) is 0 Å². The molecule has 0 aliphatic carbocycles. The summed E-state index contributed by atoms with van der Waals surface area (Å²) < 4.78 is 67.5. The lowest BCUT2D eigenvalue weighted by molar-refractivity contribution is -0.137. The van der Waals surface area contributed by atoms with E-state index in [9.17, 15) is 26.4 Å². The number of amides is 1. The maximum absolute atomic E-state index is 13.3. The molecule has 178 valence electrons. The maximum atomic E-state index is 13.3. The van der Waals surface area contributed by atoms with Gasteiger partial charge >= 0.3 is 6.18 Å². The maximum Gasteiger partial charge on any atom is 0.417 e. The van der Waals surface area contributed by atoms with Crippen LogP contribution in [0.4, 0.5) is 18.9 Å². The predicted octanol–water partition coefficient (Wildman–Crippen LogP) is 5.12. The molecule has 0 saturated carbocycles. The molecule has 0 atom stereocenters. The molecule has 0 aromatic heterocycles. The number of alkyl halides is 3. The third-order valence-electron chi connectivity index (χ3n) is 4.67. The van der Waals surface area contributed by atoms with Crippen molar-refractivity contribution in [2.24, 2.45) is 5.10 Å². The van der Waals surface area contributed by atoms with Gasteiger partial charge in [0.05, 0.1) is 22.4 Å². The smallest absolute Gasteiger partial charge is 0.271 e. The molecule has 0 fully saturated rings. The van der Waals surface area contributed by atoms with E-state index in [4.69, 9.17) is 0 Å². The SMILES string of the molecule is Cc1ccc(S(=O)(=O)N(CC(=O)N/N=C\c2ccccc2C(F)(F)F)c2ccc(Br)cc2)cc1. The molecular weight excluding hydrogens is 535 g/mol. The number of hydrazone groups is 1. The van der Waals surface area contributed by atoms with Gasteiger partial charge in [0.25, 0.3) is 15.9 Å². The molecule has 3 aromatic rings. The Balaban J connectivity index is 1.85. The summed E-state index contributed by atoms with van der Waals surface area (Å²) in [6.45, 7) is 1.17. The van der Waals surface area contributed by atoms with E-state index < -0.39 is 34.2 Å². The largest absolute Gasteiger partial charge is 0.417 e. The zero-order valence-electron chi connectivity index (χ0n) is 17.8. The first-order valence-electron chi connectivity index (χ1n) is 9.81. The molecule has 0 aliphatic rings. The number of benzene rings is 3. The van der Waals surface area contributed by atoms with Gasteiger partial charge in [0.1, 0.15) is 6.54 Å². The Kier molecular flexibility index (Phi) is 7.78. The van der Waals surface area contributed by atoms with Crippen LogP contribution < -0.4 is 9.73 Å². The molecule has 0 unspecified atom stereocenters. The van der Waals surface area contributed by atoms with Crippen molar-refractivity contribution in [3.05, 3.63) is 94.0 Å². The van der Waals surface area contributed by atoms with Crippen molar-refractivity contribution in [1.82, 2.24) is 5.43 Å². The molecule has 34 heavy (non-hydrogen) atoms. The molecule has 1 amide bonds. The van der Waals surface area contributed by atoms with Gasteiger partial charge in [-0.05, 0) is 49.4 Å². The van der Waals surface area contributed by atoms with E-state index >= 15 is 0 Å². The van der Waals surface area contributed by atoms with E-state index in [2.05, 4.69) is 26.5 Å². The fraction of sp³-hybridized carbons (Fsp3) is 0.130. The fourth-order valence-electron chi connectivity index (χ4n) is 2.97. The monoisotopic (exact) mass is 553 g/mol. The lowest BCUT2D eigenvalue weighted by Gasteiger charge is -2.23. The summed E-state index contributed by atoms with van der Waals surface area (Å²) in [5.41, 5.74) is 2.04. The van der Waals surface area contributed by atoms with E-state index in [1.165, 1.54) is 42.5 Å². The van der Waals surface area contributed by atoms with Gasteiger partial charge in [0.2, 0.25) is 0 Å². The molecule has 11 heteroatoms. The molecule has 0 bridgehead atoms. The second-order valence-corrected chi connectivity index (χ2v) is 9.96. The van der Waals surface area contributed by atoms with Gasteiger partial charge in [0.15, 0.2) is 0 Å². The lowest BCUT2D eigenvalue weighted by Crippen LogP contribution is -2.39. The summed E-state index contributed by atoms with van der Waals surface area (Å²) in [6, 6.07) is 17.2. The number of nitrogens with one attached hydrogen (secondary N) is 1. The Hall–Kier alpha value is -3.18. The van der Waals surface area contributed by atoms with Gasteiger partial charge in [-0.25, -0.2) is 13.8 Å². The van der Waals surface area contributed by atoms with Crippen molar-refractivity contribution in [1.29, 1.82) is 0 Å². The molecule has 3 aromatic carbocycles. The topological polar surface area (TPSA) is 78.8 Å². The Bertz CT molecular complexity index is 1290. The molecule has 0 heterocycles. The fourth-order valence-corrected chi connectivity index (χ4v) is 4.65. The number of nitrogens with zero attached hydrogens (tertiary/aromatic N) is 2. The summed E-state index contributed by atoms with van der Waals surface area (Å²) in [6.07, 6.45) is -3.73. The van der Waals surface area contributed by atoms with Crippen molar-refractivity contribution in [2.45, 2.75) is 18.0 Å². The summed E-state index contributed by atoms with van der Waals surface area (Å²) in [5, 5.41) is 3.59. The van der Waals surface area contributed by atoms with E-state index in [0.29, 0.717) is 4.47 Å². The van der Waals surface area contributed by atoms with Crippen LogP contribution in [0.25, 0.3) is 0 Å². The zero-order chi connectivity index (χ0) is 24.9. The van der Waals surface area contributed by atoms with Crippen molar-refractivity contribution in [2.75, 3.05) is 10.8 Å². The number of anilines is 1. The van der Waals surface area contributed by atoms with Gasteiger partial charge in [-0.2, -0.15) is 18.3 Å². The van der Waals surface area contributed by atoms with Gasteiger partial charge in [0, 0.05) is 10.0 Å². The molecule has 0 radical (unpaired) electrons. The summed E-state index contributed by atoms with van der Waals surface area (Å²) in [5.74, 6) is -0.834. The van der Waals surface area contributed by atoms with E-state index in [-0.39, 0.29) is 16.1 Å². The summed E-state index contributed by atoms with van der Waals surface area (Å²) in [7, 11) is -4.13. The Morgan fingerprint density at radius 3 is 2.26 bits per heavy atom. The molecular formula is C23H19BrF3N3O3S. The van der Waals surface area contributed by atoms with Crippen LogP contribution in [0.2, 0.25) is 0 Å². The van der Waals surface area contributed by atoms with Crippen molar-refractivity contribution < 1.29 is 26.4 Å². The highest BCUT2D eigenvalue weighted by Gasteiger charge is 2.32. The Labute approximate surface area is 203 Å². The zero-order valence-corrected chi connectivity index (χ0v) is 20.2.